The predicted molar refractivity (Wildman–Crippen MR) is 151 cm³/mol. The van der Waals surface area contributed by atoms with Crippen LogP contribution in [-0.4, -0.2) is 36.6 Å². The fourth-order valence-electron chi connectivity index (χ4n) is 5.52. The van der Waals surface area contributed by atoms with Crippen molar-refractivity contribution in [3.63, 3.8) is 0 Å². The van der Waals surface area contributed by atoms with Gasteiger partial charge in [-0.15, -0.1) is 11.3 Å². The molecule has 1 aliphatic heterocycles. The van der Waals surface area contributed by atoms with Crippen LogP contribution in [0.15, 0.2) is 60.8 Å². The number of hydrogen-bond acceptors (Lipinski definition) is 6. The lowest BCUT2D eigenvalue weighted by Crippen LogP contribution is -2.38. The van der Waals surface area contributed by atoms with Crippen LogP contribution in [0, 0.1) is 12.8 Å². The van der Waals surface area contributed by atoms with E-state index in [0.717, 1.165) is 41.6 Å². The van der Waals surface area contributed by atoms with Gasteiger partial charge in [0.2, 0.25) is 0 Å². The lowest BCUT2D eigenvalue weighted by molar-refractivity contribution is 0.0950. The standard InChI is InChI=1S/C29H29N5O3S/c1-17-15-20(37-19-8-4-3-5-9-19)11-12-22(17)34-23-13-14-31-28-24(23)25(33-29(34)36)26(38-28)27(35)32-16-18-7-6-10-21(18)30-2/h3-5,8-9,11-15,18,21,30H,6-7,10,16H2,1-2H3,(H,32,35)(H,33,36)/t18-,21+/m0/s1. The molecular formula is C29H29N5O3S. The van der Waals surface area contributed by atoms with E-state index in [0.29, 0.717) is 45.3 Å². The van der Waals surface area contributed by atoms with Gasteiger partial charge in [0, 0.05) is 18.8 Å². The number of ether oxygens (including phenoxy) is 1. The molecule has 8 nitrogen and oxygen atoms in total. The summed E-state index contributed by atoms with van der Waals surface area (Å²) in [6.07, 6.45) is 5.07. The number of carbonyl (C=O) groups excluding carboxylic acids is 2. The van der Waals surface area contributed by atoms with Crippen LogP contribution in [0.1, 0.15) is 34.5 Å². The van der Waals surface area contributed by atoms with Crippen LogP contribution in [-0.2, 0) is 0 Å². The van der Waals surface area contributed by atoms with Gasteiger partial charge in [-0.2, -0.15) is 0 Å². The van der Waals surface area contributed by atoms with Crippen molar-refractivity contribution in [2.45, 2.75) is 32.2 Å². The van der Waals surface area contributed by atoms with E-state index in [1.165, 1.54) is 11.3 Å². The van der Waals surface area contributed by atoms with Crippen molar-refractivity contribution in [1.29, 1.82) is 0 Å². The number of hydrogen-bond donors (Lipinski definition) is 3. The van der Waals surface area contributed by atoms with E-state index in [1.54, 1.807) is 11.1 Å². The summed E-state index contributed by atoms with van der Waals surface area (Å²) in [5.74, 6) is 1.66. The quantitative estimate of drug-likeness (QED) is 0.266. The third-order valence-corrected chi connectivity index (χ3v) is 8.49. The number of amides is 3. The molecule has 38 heavy (non-hydrogen) atoms. The number of benzene rings is 2. The number of nitrogens with zero attached hydrogens (tertiary/aromatic N) is 2. The van der Waals surface area contributed by atoms with Gasteiger partial charge in [0.1, 0.15) is 21.2 Å². The van der Waals surface area contributed by atoms with Crippen LogP contribution in [0.25, 0.3) is 10.2 Å². The van der Waals surface area contributed by atoms with E-state index < -0.39 is 0 Å². The molecule has 3 heterocycles. The number of pyridine rings is 1. The van der Waals surface area contributed by atoms with Gasteiger partial charge >= 0.3 is 6.03 Å². The van der Waals surface area contributed by atoms with Crippen LogP contribution in [0.5, 0.6) is 11.5 Å². The fourth-order valence-corrected chi connectivity index (χ4v) is 6.55. The van der Waals surface area contributed by atoms with Gasteiger partial charge in [0.05, 0.1) is 22.4 Å². The largest absolute Gasteiger partial charge is 0.457 e. The van der Waals surface area contributed by atoms with E-state index >= 15 is 0 Å². The summed E-state index contributed by atoms with van der Waals surface area (Å²) in [4.78, 5) is 34.1. The fraction of sp³-hybridized carbons (Fsp3) is 0.276. The monoisotopic (exact) mass is 527 g/mol. The van der Waals surface area contributed by atoms with Crippen molar-refractivity contribution in [1.82, 2.24) is 15.6 Å². The summed E-state index contributed by atoms with van der Waals surface area (Å²) >= 11 is 1.31. The number of nitrogens with one attached hydrogen (secondary N) is 3. The van der Waals surface area contributed by atoms with E-state index in [2.05, 4.69) is 20.9 Å². The summed E-state index contributed by atoms with van der Waals surface area (Å²) in [7, 11) is 1.97. The number of rotatable bonds is 7. The summed E-state index contributed by atoms with van der Waals surface area (Å²) < 4.78 is 5.97. The molecule has 2 atom stereocenters. The minimum Gasteiger partial charge on any atom is -0.457 e. The van der Waals surface area contributed by atoms with E-state index in [9.17, 15) is 9.59 Å². The molecule has 0 radical (unpaired) electrons. The number of aryl methyl sites for hydroxylation is 1. The number of urea groups is 1. The van der Waals surface area contributed by atoms with Gasteiger partial charge in [-0.25, -0.2) is 9.78 Å². The number of carbonyl (C=O) groups is 2. The average Bonchev–Trinajstić information content (AvgIpc) is 3.54. The second kappa shape index (κ2) is 10.1. The smallest absolute Gasteiger partial charge is 0.331 e. The first-order chi connectivity index (χ1) is 18.5. The predicted octanol–water partition coefficient (Wildman–Crippen LogP) is 6.20. The topological polar surface area (TPSA) is 95.6 Å². The highest BCUT2D eigenvalue weighted by Crippen LogP contribution is 2.46. The molecule has 3 amide bonds. The lowest BCUT2D eigenvalue weighted by atomic mass is 10.0. The molecule has 2 aliphatic rings. The zero-order chi connectivity index (χ0) is 26.2. The molecule has 2 aromatic heterocycles. The third-order valence-electron chi connectivity index (χ3n) is 7.39. The molecular weight excluding hydrogens is 498 g/mol. The Labute approximate surface area is 225 Å². The first-order valence-electron chi connectivity index (χ1n) is 12.8. The van der Waals surface area contributed by atoms with Gasteiger partial charge in [-0.1, -0.05) is 24.6 Å². The minimum atomic E-state index is -0.316. The van der Waals surface area contributed by atoms with Crippen molar-refractivity contribution < 1.29 is 14.3 Å². The number of anilines is 3. The molecule has 2 aromatic carbocycles. The van der Waals surface area contributed by atoms with E-state index in [1.807, 2.05) is 68.6 Å². The molecule has 194 valence electrons. The third kappa shape index (κ3) is 4.37. The number of thiophene rings is 1. The lowest BCUT2D eigenvalue weighted by Gasteiger charge is -2.29. The first-order valence-corrected chi connectivity index (χ1v) is 13.7. The van der Waals surface area contributed by atoms with Crippen molar-refractivity contribution in [3.8, 4) is 11.5 Å². The van der Waals surface area contributed by atoms with Crippen molar-refractivity contribution >= 4 is 50.6 Å². The van der Waals surface area contributed by atoms with Crippen LogP contribution in [0.2, 0.25) is 0 Å². The Balaban J connectivity index is 1.29. The van der Waals surface area contributed by atoms with Crippen LogP contribution in [0.4, 0.5) is 21.9 Å². The Kier molecular flexibility index (Phi) is 6.47. The minimum absolute atomic E-state index is 0.178. The maximum atomic E-state index is 13.5. The van der Waals surface area contributed by atoms with Crippen LogP contribution in [0.3, 0.4) is 0 Å². The SMILES string of the molecule is CN[C@@H]1CCC[C@H]1CNC(=O)c1sc2nccc3c2c1NC(=O)N3c1ccc(Oc2ccccc2)cc1C. The second-order valence-electron chi connectivity index (χ2n) is 9.74. The molecule has 0 bridgehead atoms. The molecule has 1 fully saturated rings. The van der Waals surface area contributed by atoms with Gasteiger partial charge in [-0.3, -0.25) is 9.69 Å². The molecule has 9 heteroatoms. The Morgan fingerprint density at radius 3 is 2.76 bits per heavy atom. The normalized spacial score (nSPS) is 18.5. The van der Waals surface area contributed by atoms with Crippen LogP contribution >= 0.6 is 11.3 Å². The van der Waals surface area contributed by atoms with Crippen molar-refractivity contribution in [2.75, 3.05) is 23.8 Å². The average molecular weight is 528 g/mol. The molecule has 1 aliphatic carbocycles. The Bertz CT molecular complexity index is 1520. The molecule has 1 saturated carbocycles. The number of aromatic nitrogens is 1. The van der Waals surface area contributed by atoms with Gasteiger partial charge < -0.3 is 20.7 Å². The van der Waals surface area contributed by atoms with Gasteiger partial charge in [0.25, 0.3) is 5.91 Å². The molecule has 0 saturated heterocycles. The summed E-state index contributed by atoms with van der Waals surface area (Å²) in [5, 5.41) is 10.2. The van der Waals surface area contributed by atoms with Crippen molar-refractivity contribution in [2.24, 2.45) is 5.92 Å². The summed E-state index contributed by atoms with van der Waals surface area (Å²) in [6, 6.07) is 17.1. The van der Waals surface area contributed by atoms with Crippen molar-refractivity contribution in [3.05, 3.63) is 71.2 Å². The summed E-state index contributed by atoms with van der Waals surface area (Å²) in [5.41, 5.74) is 2.85. The maximum Gasteiger partial charge on any atom is 0.331 e. The molecule has 4 aromatic rings. The van der Waals surface area contributed by atoms with Crippen LogP contribution < -0.4 is 25.6 Å². The zero-order valence-electron chi connectivity index (χ0n) is 21.3. The summed E-state index contributed by atoms with van der Waals surface area (Å²) in [6.45, 7) is 2.55. The highest BCUT2D eigenvalue weighted by molar-refractivity contribution is 7.21. The molecule has 0 unspecified atom stereocenters. The highest BCUT2D eigenvalue weighted by atomic mass is 32.1. The Morgan fingerprint density at radius 1 is 1.13 bits per heavy atom. The second-order valence-corrected chi connectivity index (χ2v) is 10.7. The highest BCUT2D eigenvalue weighted by Gasteiger charge is 2.34. The number of para-hydroxylation sites is 1. The molecule has 0 spiro atoms. The molecule has 6 rings (SSSR count). The maximum absolute atomic E-state index is 13.5. The Hall–Kier alpha value is -3.95. The van der Waals surface area contributed by atoms with E-state index in [-0.39, 0.29) is 11.9 Å². The van der Waals surface area contributed by atoms with Gasteiger partial charge in [-0.05, 0) is 74.7 Å². The molecule has 3 N–H and O–H groups in total. The van der Waals surface area contributed by atoms with Gasteiger partial charge in [0.15, 0.2) is 0 Å². The van der Waals surface area contributed by atoms with E-state index in [4.69, 9.17) is 4.74 Å². The first kappa shape index (κ1) is 24.4. The zero-order valence-corrected chi connectivity index (χ0v) is 22.1. The Morgan fingerprint density at radius 2 is 1.97 bits per heavy atom.